The molecule has 0 amide bonds. The van der Waals surface area contributed by atoms with Crippen LogP contribution in [0.4, 0.5) is 0 Å². The van der Waals surface area contributed by atoms with Gasteiger partial charge in [-0.3, -0.25) is 5.10 Å². The second kappa shape index (κ2) is 3.46. The topological polar surface area (TPSA) is 54.7 Å². The van der Waals surface area contributed by atoms with E-state index in [0.717, 1.165) is 25.7 Å². The number of hydrogen-bond donors (Lipinski definition) is 2. The molecule has 1 aliphatic carbocycles. The summed E-state index contributed by atoms with van der Waals surface area (Å²) in [6.45, 7) is 0. The third-order valence-electron chi connectivity index (χ3n) is 2.66. The van der Waals surface area contributed by atoms with E-state index >= 15 is 0 Å². The van der Waals surface area contributed by atoms with Crippen molar-refractivity contribution in [2.75, 3.05) is 0 Å². The number of nitrogens with two attached hydrogens (primary N) is 1. The Labute approximate surface area is 82.7 Å². The van der Waals surface area contributed by atoms with Gasteiger partial charge in [-0.25, -0.2) is 0 Å². The molecular formula is C9H13N3S. The lowest BCUT2D eigenvalue weighted by atomic mass is 10.0. The van der Waals surface area contributed by atoms with E-state index in [1.807, 2.05) is 6.20 Å². The van der Waals surface area contributed by atoms with Gasteiger partial charge in [0.15, 0.2) is 0 Å². The molecule has 0 spiro atoms. The molecule has 1 heterocycles. The van der Waals surface area contributed by atoms with Gasteiger partial charge in [0.2, 0.25) is 0 Å². The zero-order valence-corrected chi connectivity index (χ0v) is 8.23. The Morgan fingerprint density at radius 1 is 1.69 bits per heavy atom. The fourth-order valence-electron chi connectivity index (χ4n) is 1.86. The van der Waals surface area contributed by atoms with Gasteiger partial charge in [0.05, 0.1) is 11.2 Å². The van der Waals surface area contributed by atoms with Crippen LogP contribution in [0.1, 0.15) is 24.1 Å². The predicted octanol–water partition coefficient (Wildman–Crippen LogP) is 1.19. The van der Waals surface area contributed by atoms with Crippen molar-refractivity contribution < 1.29 is 0 Å². The van der Waals surface area contributed by atoms with Crippen LogP contribution < -0.4 is 5.73 Å². The molecule has 0 aliphatic heterocycles. The van der Waals surface area contributed by atoms with Crippen LogP contribution >= 0.6 is 12.2 Å². The number of nitrogens with one attached hydrogen (secondary N) is 1. The summed E-state index contributed by atoms with van der Waals surface area (Å²) >= 11 is 5.02. The summed E-state index contributed by atoms with van der Waals surface area (Å²) in [7, 11) is 0. The van der Waals surface area contributed by atoms with Crippen molar-refractivity contribution in [1.29, 1.82) is 0 Å². The maximum absolute atomic E-state index is 5.66. The lowest BCUT2D eigenvalue weighted by Crippen LogP contribution is -2.22. The lowest BCUT2D eigenvalue weighted by molar-refractivity contribution is 0.607. The summed E-state index contributed by atoms with van der Waals surface area (Å²) in [5.41, 5.74) is 8.21. The normalized spacial score (nSPS) is 22.0. The Kier molecular flexibility index (Phi) is 2.31. The Balaban J connectivity index is 2.21. The smallest absolute Gasteiger partial charge is 0.0762 e. The molecule has 1 atom stereocenters. The van der Waals surface area contributed by atoms with E-state index in [2.05, 4.69) is 10.2 Å². The summed E-state index contributed by atoms with van der Waals surface area (Å²) < 4.78 is 0. The molecule has 0 unspecified atom stereocenters. The first kappa shape index (κ1) is 8.69. The quantitative estimate of drug-likeness (QED) is 0.523. The molecule has 70 valence electrons. The minimum absolute atomic E-state index is 0.358. The zero-order valence-electron chi connectivity index (χ0n) is 7.42. The molecule has 1 aromatic heterocycles. The van der Waals surface area contributed by atoms with Crippen LogP contribution in [0.15, 0.2) is 6.20 Å². The second-order valence-electron chi connectivity index (χ2n) is 3.57. The molecule has 3 nitrogen and oxygen atoms in total. The Bertz CT molecular complexity index is 318. The second-order valence-corrected chi connectivity index (χ2v) is 4.04. The minimum Gasteiger partial charge on any atom is -0.393 e. The van der Waals surface area contributed by atoms with E-state index in [0.29, 0.717) is 10.9 Å². The highest BCUT2D eigenvalue weighted by Crippen LogP contribution is 2.22. The molecule has 0 bridgehead atoms. The van der Waals surface area contributed by atoms with Crippen LogP contribution in [0.5, 0.6) is 0 Å². The van der Waals surface area contributed by atoms with Crippen molar-refractivity contribution >= 4 is 17.2 Å². The van der Waals surface area contributed by atoms with Crippen LogP contribution in [0.3, 0.4) is 0 Å². The zero-order chi connectivity index (χ0) is 9.26. The number of fused-ring (bicyclic) bond motifs is 1. The number of H-pyrrole nitrogens is 1. The van der Waals surface area contributed by atoms with Gasteiger partial charge < -0.3 is 5.73 Å². The fourth-order valence-corrected chi connectivity index (χ4v) is 2.06. The Hall–Kier alpha value is -0.900. The van der Waals surface area contributed by atoms with Gasteiger partial charge in [0.1, 0.15) is 0 Å². The molecule has 0 aromatic carbocycles. The fraction of sp³-hybridized carbons (Fsp3) is 0.556. The van der Waals surface area contributed by atoms with E-state index < -0.39 is 0 Å². The molecule has 0 saturated heterocycles. The summed E-state index contributed by atoms with van der Waals surface area (Å²) in [6.07, 6.45) is 6.22. The van der Waals surface area contributed by atoms with Gasteiger partial charge in [-0.1, -0.05) is 12.2 Å². The highest BCUT2D eigenvalue weighted by Gasteiger charge is 2.19. The van der Waals surface area contributed by atoms with Crippen LogP contribution in [-0.2, 0) is 12.8 Å². The first-order valence-corrected chi connectivity index (χ1v) is 4.98. The van der Waals surface area contributed by atoms with Gasteiger partial charge in [0, 0.05) is 11.6 Å². The Morgan fingerprint density at radius 2 is 2.54 bits per heavy atom. The SMILES string of the molecule is NC(=S)[C@H]1CCCc2cn[nH]c2C1. The average molecular weight is 195 g/mol. The predicted molar refractivity (Wildman–Crippen MR) is 55.5 cm³/mol. The van der Waals surface area contributed by atoms with Gasteiger partial charge in [-0.2, -0.15) is 5.10 Å². The number of aromatic nitrogens is 2. The van der Waals surface area contributed by atoms with E-state index in [1.54, 1.807) is 0 Å². The maximum atomic E-state index is 5.66. The van der Waals surface area contributed by atoms with E-state index in [-0.39, 0.29) is 0 Å². The van der Waals surface area contributed by atoms with Crippen LogP contribution in [0.25, 0.3) is 0 Å². The molecule has 13 heavy (non-hydrogen) atoms. The first-order valence-electron chi connectivity index (χ1n) is 4.58. The third kappa shape index (κ3) is 1.72. The van der Waals surface area contributed by atoms with E-state index in [1.165, 1.54) is 11.3 Å². The van der Waals surface area contributed by atoms with Crippen molar-refractivity contribution in [3.05, 3.63) is 17.5 Å². The van der Waals surface area contributed by atoms with Crippen LogP contribution in [0, 0.1) is 5.92 Å². The highest BCUT2D eigenvalue weighted by atomic mass is 32.1. The lowest BCUT2D eigenvalue weighted by Gasteiger charge is -2.10. The maximum Gasteiger partial charge on any atom is 0.0762 e. The molecule has 3 N–H and O–H groups in total. The molecule has 4 heteroatoms. The number of aryl methyl sites for hydroxylation is 1. The number of hydrogen-bond acceptors (Lipinski definition) is 2. The van der Waals surface area contributed by atoms with Gasteiger partial charge in [0.25, 0.3) is 0 Å². The van der Waals surface area contributed by atoms with Crippen molar-refractivity contribution in [2.24, 2.45) is 11.7 Å². The molecule has 0 saturated carbocycles. The van der Waals surface area contributed by atoms with Crippen molar-refractivity contribution in [1.82, 2.24) is 10.2 Å². The largest absolute Gasteiger partial charge is 0.393 e. The van der Waals surface area contributed by atoms with Crippen LogP contribution in [-0.4, -0.2) is 15.2 Å². The summed E-state index contributed by atoms with van der Waals surface area (Å²) in [6, 6.07) is 0. The molecule has 1 aliphatic rings. The highest BCUT2D eigenvalue weighted by molar-refractivity contribution is 7.80. The summed E-state index contributed by atoms with van der Waals surface area (Å²) in [5, 5.41) is 7.05. The number of rotatable bonds is 1. The standard InChI is InChI=1S/C9H13N3S/c10-9(13)6-2-1-3-7-5-11-12-8(7)4-6/h5-6H,1-4H2,(H2,10,13)(H,11,12)/t6-/m0/s1. The van der Waals surface area contributed by atoms with Crippen molar-refractivity contribution in [2.45, 2.75) is 25.7 Å². The number of nitrogens with zero attached hydrogens (tertiary/aromatic N) is 1. The third-order valence-corrected chi connectivity index (χ3v) is 2.99. The van der Waals surface area contributed by atoms with Gasteiger partial charge in [-0.05, 0) is 31.2 Å². The summed E-state index contributed by atoms with van der Waals surface area (Å²) in [5.74, 6) is 0.358. The van der Waals surface area contributed by atoms with Crippen molar-refractivity contribution in [3.63, 3.8) is 0 Å². The van der Waals surface area contributed by atoms with Gasteiger partial charge in [-0.15, -0.1) is 0 Å². The van der Waals surface area contributed by atoms with E-state index in [9.17, 15) is 0 Å². The monoisotopic (exact) mass is 195 g/mol. The average Bonchev–Trinajstić information content (AvgIpc) is 2.42. The molecule has 0 radical (unpaired) electrons. The molecule has 0 fully saturated rings. The molecule has 2 rings (SSSR count). The van der Waals surface area contributed by atoms with Crippen LogP contribution in [0.2, 0.25) is 0 Å². The van der Waals surface area contributed by atoms with Gasteiger partial charge >= 0.3 is 0 Å². The minimum atomic E-state index is 0.358. The molecular weight excluding hydrogens is 182 g/mol. The number of thiocarbonyl (C=S) groups is 1. The Morgan fingerprint density at radius 3 is 3.31 bits per heavy atom. The first-order chi connectivity index (χ1) is 6.27. The molecule has 1 aromatic rings. The van der Waals surface area contributed by atoms with Crippen molar-refractivity contribution in [3.8, 4) is 0 Å². The summed E-state index contributed by atoms with van der Waals surface area (Å²) in [4.78, 5) is 0.641. The van der Waals surface area contributed by atoms with E-state index in [4.69, 9.17) is 18.0 Å². The number of aromatic amines is 1.